The summed E-state index contributed by atoms with van der Waals surface area (Å²) in [5.74, 6) is -1.30. The van der Waals surface area contributed by atoms with E-state index in [1.165, 1.54) is 0 Å². The van der Waals surface area contributed by atoms with Gasteiger partial charge in [0.15, 0.2) is 10.8 Å². The summed E-state index contributed by atoms with van der Waals surface area (Å²) in [7, 11) is 0. The predicted octanol–water partition coefficient (Wildman–Crippen LogP) is -0.308. The molecule has 0 spiro atoms. The molecule has 3 N–H and O–H groups in total. The number of esters is 2. The van der Waals surface area contributed by atoms with E-state index in [1.54, 1.807) is 13.8 Å². The van der Waals surface area contributed by atoms with Crippen LogP contribution in [0.5, 0.6) is 0 Å². The molecule has 0 aliphatic heterocycles. The summed E-state index contributed by atoms with van der Waals surface area (Å²) in [6, 6.07) is 0. The van der Waals surface area contributed by atoms with E-state index in [-0.39, 0.29) is 30.5 Å². The van der Waals surface area contributed by atoms with Crippen molar-refractivity contribution in [3.63, 3.8) is 0 Å². The third-order valence-electron chi connectivity index (χ3n) is 1.43. The van der Waals surface area contributed by atoms with Gasteiger partial charge in [-0.3, -0.25) is 10.2 Å². The van der Waals surface area contributed by atoms with Crippen molar-refractivity contribution in [2.24, 2.45) is 10.8 Å². The van der Waals surface area contributed by atoms with Crippen LogP contribution in [-0.2, 0) is 19.1 Å². The first kappa shape index (κ1) is 15.3. The van der Waals surface area contributed by atoms with E-state index in [4.69, 9.17) is 10.5 Å². The summed E-state index contributed by atoms with van der Waals surface area (Å²) >= 11 is 4.52. The van der Waals surface area contributed by atoms with E-state index in [1.807, 2.05) is 0 Å². The van der Waals surface area contributed by atoms with E-state index in [9.17, 15) is 9.59 Å². The van der Waals surface area contributed by atoms with E-state index in [0.717, 1.165) is 0 Å². The van der Waals surface area contributed by atoms with E-state index >= 15 is 0 Å². The molecule has 0 radical (unpaired) electrons. The van der Waals surface area contributed by atoms with Gasteiger partial charge in [-0.2, -0.15) is 5.10 Å². The van der Waals surface area contributed by atoms with Crippen molar-refractivity contribution >= 4 is 35.0 Å². The molecule has 0 heterocycles. The van der Waals surface area contributed by atoms with Gasteiger partial charge in [0.05, 0.1) is 19.6 Å². The lowest BCUT2D eigenvalue weighted by Crippen LogP contribution is -2.29. The van der Waals surface area contributed by atoms with E-state index in [0.29, 0.717) is 0 Å². The van der Waals surface area contributed by atoms with Crippen LogP contribution in [0.4, 0.5) is 0 Å². The maximum atomic E-state index is 11.4. The quantitative estimate of drug-likeness (QED) is 0.292. The molecule has 17 heavy (non-hydrogen) atoms. The van der Waals surface area contributed by atoms with Crippen LogP contribution in [0.2, 0.25) is 0 Å². The molecule has 0 atom stereocenters. The van der Waals surface area contributed by atoms with Crippen molar-refractivity contribution in [2.45, 2.75) is 20.3 Å². The minimum atomic E-state index is -0.718. The maximum Gasteiger partial charge on any atom is 0.355 e. The molecule has 8 heteroatoms. The molecule has 0 aromatic carbocycles. The zero-order valence-electron chi connectivity index (χ0n) is 9.69. The Hall–Kier alpha value is -1.70. The summed E-state index contributed by atoms with van der Waals surface area (Å²) < 4.78 is 9.40. The summed E-state index contributed by atoms with van der Waals surface area (Å²) in [6.07, 6.45) is -0.303. The van der Waals surface area contributed by atoms with Crippen molar-refractivity contribution in [3.8, 4) is 0 Å². The lowest BCUT2D eigenvalue weighted by Gasteiger charge is -2.06. The Labute approximate surface area is 104 Å². The number of hydrogen-bond donors (Lipinski definition) is 2. The number of nitrogens with two attached hydrogens (primary N) is 1. The Bertz CT molecular complexity index is 330. The number of hydrazone groups is 1. The number of thiocarbonyl (C=S) groups is 1. The lowest BCUT2D eigenvalue weighted by molar-refractivity contribution is -0.143. The lowest BCUT2D eigenvalue weighted by atomic mass is 10.3. The van der Waals surface area contributed by atoms with Crippen molar-refractivity contribution in [1.29, 1.82) is 0 Å². The number of hydrogen-bond acceptors (Lipinski definition) is 6. The molecule has 0 aromatic heterocycles. The fraction of sp³-hybridized carbons (Fsp3) is 0.556. The van der Waals surface area contributed by atoms with Crippen LogP contribution in [0.3, 0.4) is 0 Å². The predicted molar refractivity (Wildman–Crippen MR) is 65.2 cm³/mol. The van der Waals surface area contributed by atoms with Gasteiger partial charge in [-0.15, -0.1) is 0 Å². The summed E-state index contributed by atoms with van der Waals surface area (Å²) in [5, 5.41) is 3.47. The molecule has 96 valence electrons. The Morgan fingerprint density at radius 1 is 1.29 bits per heavy atom. The smallest absolute Gasteiger partial charge is 0.355 e. The van der Waals surface area contributed by atoms with Crippen LogP contribution >= 0.6 is 12.2 Å². The molecule has 7 nitrogen and oxygen atoms in total. The van der Waals surface area contributed by atoms with Gasteiger partial charge >= 0.3 is 11.9 Å². The first-order valence-corrected chi connectivity index (χ1v) is 5.36. The molecular formula is C9H15N3O4S. The molecule has 0 fully saturated rings. The average molecular weight is 261 g/mol. The minimum Gasteiger partial charge on any atom is -0.466 e. The Balaban J connectivity index is 4.60. The fourth-order valence-corrected chi connectivity index (χ4v) is 0.889. The normalized spacial score (nSPS) is 10.6. The summed E-state index contributed by atoms with van der Waals surface area (Å²) in [6.45, 7) is 3.69. The molecule has 0 amide bonds. The van der Waals surface area contributed by atoms with E-state index < -0.39 is 11.9 Å². The SMILES string of the molecule is CCOC(=O)C/C(=N/NC(N)=S)C(=O)OCC. The van der Waals surface area contributed by atoms with Gasteiger partial charge in [-0.1, -0.05) is 0 Å². The maximum absolute atomic E-state index is 11.4. The van der Waals surface area contributed by atoms with Gasteiger partial charge in [0.2, 0.25) is 0 Å². The second-order valence-corrected chi connectivity index (χ2v) is 3.18. The highest BCUT2D eigenvalue weighted by Crippen LogP contribution is 1.94. The zero-order chi connectivity index (χ0) is 13.3. The molecule has 0 aliphatic rings. The van der Waals surface area contributed by atoms with Crippen LogP contribution in [0, 0.1) is 0 Å². The third-order valence-corrected chi connectivity index (χ3v) is 1.52. The van der Waals surface area contributed by atoms with Gasteiger partial charge in [-0.25, -0.2) is 4.79 Å². The number of nitrogens with one attached hydrogen (secondary N) is 1. The number of carbonyl (C=O) groups is 2. The number of rotatable bonds is 6. The van der Waals surface area contributed by atoms with Gasteiger partial charge in [-0.05, 0) is 26.1 Å². The Morgan fingerprint density at radius 3 is 2.35 bits per heavy atom. The average Bonchev–Trinajstić information content (AvgIpc) is 2.24. The fourth-order valence-electron chi connectivity index (χ4n) is 0.843. The highest BCUT2D eigenvalue weighted by atomic mass is 32.1. The molecule has 0 aromatic rings. The summed E-state index contributed by atoms with van der Waals surface area (Å²) in [4.78, 5) is 22.6. The minimum absolute atomic E-state index is 0.115. The molecule has 0 unspecified atom stereocenters. The van der Waals surface area contributed by atoms with Crippen molar-refractivity contribution < 1.29 is 19.1 Å². The van der Waals surface area contributed by atoms with Gasteiger partial charge in [0.1, 0.15) is 0 Å². The number of ether oxygens (including phenoxy) is 2. The van der Waals surface area contributed by atoms with E-state index in [2.05, 4.69) is 27.5 Å². The number of carbonyl (C=O) groups excluding carboxylic acids is 2. The Kier molecular flexibility index (Phi) is 7.61. The number of nitrogens with zero attached hydrogens (tertiary/aromatic N) is 1. The van der Waals surface area contributed by atoms with Crippen molar-refractivity contribution in [2.75, 3.05) is 13.2 Å². The van der Waals surface area contributed by atoms with Gasteiger partial charge in [0.25, 0.3) is 0 Å². The molecule has 0 saturated carbocycles. The molecular weight excluding hydrogens is 246 g/mol. The van der Waals surface area contributed by atoms with Crippen LogP contribution in [-0.4, -0.2) is 36.0 Å². The van der Waals surface area contributed by atoms with Gasteiger partial charge in [0, 0.05) is 0 Å². The highest BCUT2D eigenvalue weighted by molar-refractivity contribution is 7.80. The zero-order valence-corrected chi connectivity index (χ0v) is 10.5. The topological polar surface area (TPSA) is 103 Å². The standard InChI is InChI=1S/C9H15N3O4S/c1-3-15-7(13)5-6(8(14)16-4-2)11-12-9(10)17/h3-5H2,1-2H3,(H3,10,12,17)/b11-6-. The molecule has 0 aliphatic carbocycles. The van der Waals surface area contributed by atoms with Crippen molar-refractivity contribution in [1.82, 2.24) is 5.43 Å². The van der Waals surface area contributed by atoms with Crippen LogP contribution in [0.1, 0.15) is 20.3 Å². The third kappa shape index (κ3) is 7.23. The monoisotopic (exact) mass is 261 g/mol. The molecule has 0 bridgehead atoms. The Morgan fingerprint density at radius 2 is 1.88 bits per heavy atom. The van der Waals surface area contributed by atoms with Crippen LogP contribution < -0.4 is 11.2 Å². The van der Waals surface area contributed by atoms with Crippen LogP contribution in [0.25, 0.3) is 0 Å². The van der Waals surface area contributed by atoms with Gasteiger partial charge < -0.3 is 15.2 Å². The first-order valence-electron chi connectivity index (χ1n) is 4.96. The second kappa shape index (κ2) is 8.45. The summed E-state index contributed by atoms with van der Waals surface area (Å²) in [5.41, 5.74) is 7.23. The second-order valence-electron chi connectivity index (χ2n) is 2.74. The van der Waals surface area contributed by atoms with Crippen LogP contribution in [0.15, 0.2) is 5.10 Å². The van der Waals surface area contributed by atoms with Crippen molar-refractivity contribution in [3.05, 3.63) is 0 Å². The molecule has 0 rings (SSSR count). The first-order chi connectivity index (χ1) is 8.01. The highest BCUT2D eigenvalue weighted by Gasteiger charge is 2.18. The molecule has 0 saturated heterocycles. The largest absolute Gasteiger partial charge is 0.466 e.